The maximum atomic E-state index is 12.9. The van der Waals surface area contributed by atoms with Crippen molar-refractivity contribution in [3.63, 3.8) is 0 Å². The number of amides is 1. The molecule has 3 heterocycles. The fourth-order valence-corrected chi connectivity index (χ4v) is 5.82. The van der Waals surface area contributed by atoms with Gasteiger partial charge in [-0.1, -0.05) is 13.3 Å². The second-order valence-corrected chi connectivity index (χ2v) is 9.90. The summed E-state index contributed by atoms with van der Waals surface area (Å²) in [6.45, 7) is 6.67. The van der Waals surface area contributed by atoms with Gasteiger partial charge in [0.05, 0.1) is 25.0 Å². The minimum absolute atomic E-state index is 0.0708. The topological polar surface area (TPSA) is 76.8 Å². The molecule has 0 spiro atoms. The Hall–Kier alpha value is -1.99. The Labute approximate surface area is 197 Å². The van der Waals surface area contributed by atoms with Crippen LogP contribution in [0.3, 0.4) is 0 Å². The summed E-state index contributed by atoms with van der Waals surface area (Å²) < 4.78 is 49.3. The van der Waals surface area contributed by atoms with Crippen LogP contribution in [0.2, 0.25) is 0 Å². The maximum absolute atomic E-state index is 12.9. The van der Waals surface area contributed by atoms with E-state index in [0.29, 0.717) is 31.8 Å². The molecule has 2 aromatic heterocycles. The lowest BCUT2D eigenvalue weighted by Crippen LogP contribution is -2.39. The highest BCUT2D eigenvalue weighted by Crippen LogP contribution is 2.33. The molecule has 8 nitrogen and oxygen atoms in total. The molecule has 13 heteroatoms. The van der Waals surface area contributed by atoms with Crippen molar-refractivity contribution in [1.82, 2.24) is 17.7 Å². The number of halogens is 3. The molecule has 0 radical (unpaired) electrons. The minimum Gasteiger partial charge on any atom is -0.449 e. The van der Waals surface area contributed by atoms with Crippen LogP contribution in [0.25, 0.3) is 10.2 Å². The lowest BCUT2D eigenvalue weighted by Gasteiger charge is -2.16. The average Bonchev–Trinajstić information content (AvgIpc) is 3.33. The van der Waals surface area contributed by atoms with Gasteiger partial charge in [0.25, 0.3) is 5.56 Å². The Morgan fingerprint density at radius 1 is 1.15 bits per heavy atom. The molecule has 2 aromatic rings. The molecule has 0 atom stereocenters. The van der Waals surface area contributed by atoms with E-state index in [1.807, 2.05) is 11.2 Å². The molecule has 1 fully saturated rings. The van der Waals surface area contributed by atoms with E-state index < -0.39 is 36.5 Å². The number of carbonyl (C=O) groups excluding carboxylic acids is 1. The number of hydrogen-bond donors (Lipinski definition) is 0. The third kappa shape index (κ3) is 5.75. The fraction of sp³-hybridized carbons (Fsp3) is 0.650. The van der Waals surface area contributed by atoms with Crippen LogP contribution in [0.15, 0.2) is 9.59 Å². The zero-order valence-electron chi connectivity index (χ0n) is 18.7. The largest absolute Gasteiger partial charge is 0.449 e. The second-order valence-electron chi connectivity index (χ2n) is 7.69. The predicted molar refractivity (Wildman–Crippen MR) is 122 cm³/mol. The molecule has 1 aliphatic heterocycles. The smallest absolute Gasteiger partial charge is 0.420 e. The Morgan fingerprint density at radius 3 is 2.52 bits per heavy atom. The number of thiophene rings is 1. The van der Waals surface area contributed by atoms with Gasteiger partial charge < -0.3 is 4.74 Å². The summed E-state index contributed by atoms with van der Waals surface area (Å²) in [4.78, 5) is 38.8. The Balaban J connectivity index is 1.87. The molecule has 3 rings (SSSR count). The van der Waals surface area contributed by atoms with Crippen LogP contribution in [-0.4, -0.2) is 49.7 Å². The van der Waals surface area contributed by atoms with E-state index >= 15 is 0 Å². The average molecular weight is 509 g/mol. The SMILES string of the molecule is CCCCOC(=O)N1CCN(Cc2sc3c(c2C)c(=O)n(CC)c(=O)n3CCC(F)(F)F)S1. The Morgan fingerprint density at radius 2 is 1.88 bits per heavy atom. The molecule has 184 valence electrons. The summed E-state index contributed by atoms with van der Waals surface area (Å²) >= 11 is 2.38. The van der Waals surface area contributed by atoms with E-state index in [1.165, 1.54) is 16.4 Å². The molecule has 1 amide bonds. The summed E-state index contributed by atoms with van der Waals surface area (Å²) in [7, 11) is 0. The van der Waals surface area contributed by atoms with E-state index in [0.717, 1.165) is 38.2 Å². The third-order valence-electron chi connectivity index (χ3n) is 5.34. The standard InChI is InChI=1S/C20H27F3N4O4S2/c1-4-6-11-31-19(30)27-10-9-24(33-27)12-14-13(3)15-16(28)25(5-2)18(29)26(17(15)32-14)8-7-20(21,22)23/h4-12H2,1-3H3. The number of unbranched alkanes of at least 4 members (excludes halogenated alkanes) is 1. The normalized spacial score (nSPS) is 15.0. The van der Waals surface area contributed by atoms with Gasteiger partial charge in [-0.15, -0.1) is 11.3 Å². The highest BCUT2D eigenvalue weighted by Gasteiger charge is 2.30. The number of carbonyl (C=O) groups is 1. The molecular formula is C20H27F3N4O4S2. The first-order valence-electron chi connectivity index (χ1n) is 10.8. The molecular weight excluding hydrogens is 481 g/mol. The maximum Gasteiger partial charge on any atom is 0.420 e. The lowest BCUT2D eigenvalue weighted by atomic mass is 10.2. The van der Waals surface area contributed by atoms with Gasteiger partial charge in [-0.3, -0.25) is 13.9 Å². The zero-order valence-corrected chi connectivity index (χ0v) is 20.4. The number of nitrogens with zero attached hydrogens (tertiary/aromatic N) is 4. The van der Waals surface area contributed by atoms with Crippen LogP contribution in [0, 0.1) is 6.92 Å². The van der Waals surface area contributed by atoms with Crippen molar-refractivity contribution in [3.8, 4) is 0 Å². The van der Waals surface area contributed by atoms with Gasteiger partial charge in [0.15, 0.2) is 0 Å². The van der Waals surface area contributed by atoms with Crippen LogP contribution in [0.5, 0.6) is 0 Å². The highest BCUT2D eigenvalue weighted by atomic mass is 32.2. The minimum atomic E-state index is -4.42. The van der Waals surface area contributed by atoms with E-state index in [4.69, 9.17) is 4.74 Å². The number of alkyl halides is 3. The Kier molecular flexibility index (Phi) is 8.17. The van der Waals surface area contributed by atoms with Gasteiger partial charge in [0.1, 0.15) is 4.83 Å². The van der Waals surface area contributed by atoms with Crippen LogP contribution in [0.4, 0.5) is 18.0 Å². The van der Waals surface area contributed by atoms with Crippen molar-refractivity contribution >= 4 is 39.8 Å². The molecule has 0 aliphatic carbocycles. The van der Waals surface area contributed by atoms with Crippen molar-refractivity contribution in [3.05, 3.63) is 31.3 Å². The van der Waals surface area contributed by atoms with Crippen LogP contribution >= 0.6 is 23.5 Å². The third-order valence-corrected chi connectivity index (χ3v) is 7.71. The van der Waals surface area contributed by atoms with Gasteiger partial charge in [0, 0.05) is 43.2 Å². The fourth-order valence-electron chi connectivity index (χ4n) is 3.50. The molecule has 0 N–H and O–H groups in total. The molecule has 33 heavy (non-hydrogen) atoms. The number of fused-ring (bicyclic) bond motifs is 1. The first kappa shape index (κ1) is 25.6. The first-order chi connectivity index (χ1) is 15.6. The van der Waals surface area contributed by atoms with Crippen LogP contribution < -0.4 is 11.2 Å². The van der Waals surface area contributed by atoms with Gasteiger partial charge in [0.2, 0.25) is 0 Å². The predicted octanol–water partition coefficient (Wildman–Crippen LogP) is 4.12. The monoisotopic (exact) mass is 508 g/mol. The van der Waals surface area contributed by atoms with Gasteiger partial charge in [-0.05, 0) is 25.8 Å². The van der Waals surface area contributed by atoms with Crippen LogP contribution in [-0.2, 0) is 24.4 Å². The van der Waals surface area contributed by atoms with Gasteiger partial charge >= 0.3 is 18.0 Å². The molecule has 0 bridgehead atoms. The summed E-state index contributed by atoms with van der Waals surface area (Å²) in [6.07, 6.45) is -4.27. The number of aromatic nitrogens is 2. The van der Waals surface area contributed by atoms with E-state index in [1.54, 1.807) is 13.8 Å². The van der Waals surface area contributed by atoms with E-state index in [9.17, 15) is 27.6 Å². The molecule has 0 unspecified atom stereocenters. The summed E-state index contributed by atoms with van der Waals surface area (Å²) in [5.74, 6) is 0. The van der Waals surface area contributed by atoms with Crippen molar-refractivity contribution in [2.45, 2.75) is 65.8 Å². The summed E-state index contributed by atoms with van der Waals surface area (Å²) in [6, 6.07) is 0. The van der Waals surface area contributed by atoms with Crippen molar-refractivity contribution in [2.75, 3.05) is 19.7 Å². The molecule has 1 saturated heterocycles. The summed E-state index contributed by atoms with van der Waals surface area (Å²) in [5, 5.41) is 0.277. The number of ether oxygens (including phenoxy) is 1. The molecule has 0 aromatic carbocycles. The number of hydrogen-bond acceptors (Lipinski definition) is 7. The van der Waals surface area contributed by atoms with Crippen molar-refractivity contribution < 1.29 is 22.7 Å². The van der Waals surface area contributed by atoms with Gasteiger partial charge in [-0.2, -0.15) is 13.2 Å². The van der Waals surface area contributed by atoms with E-state index in [2.05, 4.69) is 0 Å². The van der Waals surface area contributed by atoms with Crippen molar-refractivity contribution in [2.24, 2.45) is 0 Å². The lowest BCUT2D eigenvalue weighted by molar-refractivity contribution is -0.136. The van der Waals surface area contributed by atoms with Gasteiger partial charge in [-0.25, -0.2) is 18.2 Å². The molecule has 0 saturated carbocycles. The van der Waals surface area contributed by atoms with E-state index in [-0.39, 0.29) is 16.8 Å². The Bertz CT molecular complexity index is 1130. The number of aryl methyl sites for hydroxylation is 2. The zero-order chi connectivity index (χ0) is 24.3. The quantitative estimate of drug-likeness (QED) is 0.394. The molecule has 1 aliphatic rings. The first-order valence-corrected chi connectivity index (χ1v) is 12.3. The summed E-state index contributed by atoms with van der Waals surface area (Å²) in [5.41, 5.74) is -0.577. The van der Waals surface area contributed by atoms with Crippen LogP contribution in [0.1, 0.15) is 43.6 Å². The second kappa shape index (κ2) is 10.5. The highest BCUT2D eigenvalue weighted by molar-refractivity contribution is 7.95. The van der Waals surface area contributed by atoms with Crippen molar-refractivity contribution in [1.29, 1.82) is 0 Å². The number of rotatable bonds is 8.